The van der Waals surface area contributed by atoms with Crippen molar-refractivity contribution in [1.82, 2.24) is 15.2 Å². The highest BCUT2D eigenvalue weighted by Crippen LogP contribution is 2.48. The van der Waals surface area contributed by atoms with Gasteiger partial charge in [0.25, 0.3) is 0 Å². The van der Waals surface area contributed by atoms with E-state index in [2.05, 4.69) is 20.4 Å². The Morgan fingerprint density at radius 1 is 1.24 bits per heavy atom. The van der Waals surface area contributed by atoms with Crippen LogP contribution in [0.25, 0.3) is 0 Å². The number of nitrogens with zero attached hydrogens (tertiary/aromatic N) is 2. The van der Waals surface area contributed by atoms with Gasteiger partial charge in [0.1, 0.15) is 0 Å². The van der Waals surface area contributed by atoms with Crippen LogP contribution in [0.2, 0.25) is 0 Å². The van der Waals surface area contributed by atoms with E-state index in [4.69, 9.17) is 20.7 Å². The Morgan fingerprint density at radius 3 is 2.61 bits per heavy atom. The minimum atomic E-state index is -3.30. The Labute approximate surface area is 189 Å². The summed E-state index contributed by atoms with van der Waals surface area (Å²) in [6.07, 6.45) is -0.153. The standard InChI is InChI=1S/C22H25N5O6/c1-20(29)7-13(8-20)27-18(28)10-21(26-19(27)23)9-14-15(21)3-2-4-16(14)25-12-5-6-17(24-11-12)33-22(30,31)32/h2-6,11,13,25,29-32H,7-10H2,1H3,(H2,23,26)/t13-,20+,21-/m0/s1. The molecule has 0 unspecified atom stereocenters. The van der Waals surface area contributed by atoms with Gasteiger partial charge in [-0.3, -0.25) is 15.1 Å². The third-order valence-electron chi connectivity index (χ3n) is 6.46. The van der Waals surface area contributed by atoms with Gasteiger partial charge >= 0.3 is 6.16 Å². The fourth-order valence-electron chi connectivity index (χ4n) is 5.04. The van der Waals surface area contributed by atoms with Gasteiger partial charge in [-0.25, -0.2) is 4.98 Å². The summed E-state index contributed by atoms with van der Waals surface area (Å²) in [5.41, 5.74) is 2.01. The molecular formula is C22H25N5O6. The van der Waals surface area contributed by atoms with E-state index >= 15 is 0 Å². The predicted octanol–water partition coefficient (Wildman–Crippen LogP) is 0.214. The summed E-state index contributed by atoms with van der Waals surface area (Å²) in [6.45, 7) is 1.74. The molecule has 2 aliphatic carbocycles. The number of pyridine rings is 1. The lowest BCUT2D eigenvalue weighted by atomic mass is 9.66. The van der Waals surface area contributed by atoms with Crippen LogP contribution >= 0.6 is 0 Å². The highest BCUT2D eigenvalue weighted by molar-refractivity contribution is 6.00. The van der Waals surface area contributed by atoms with Gasteiger partial charge in [-0.2, -0.15) is 0 Å². The number of carbonyl (C=O) groups is 1. The van der Waals surface area contributed by atoms with Crippen molar-refractivity contribution < 1.29 is 30.0 Å². The first-order valence-electron chi connectivity index (χ1n) is 10.6. The number of anilines is 2. The van der Waals surface area contributed by atoms with Gasteiger partial charge in [-0.1, -0.05) is 12.1 Å². The molecule has 2 heterocycles. The van der Waals surface area contributed by atoms with Crippen LogP contribution in [0.1, 0.15) is 37.3 Å². The number of hydrogen-bond acceptors (Lipinski definition) is 9. The van der Waals surface area contributed by atoms with Crippen molar-refractivity contribution in [3.8, 4) is 5.88 Å². The molecule has 0 bridgehead atoms. The summed E-state index contributed by atoms with van der Waals surface area (Å²) < 4.78 is 4.45. The Kier molecular flexibility index (Phi) is 4.66. The molecule has 7 N–H and O–H groups in total. The summed E-state index contributed by atoms with van der Waals surface area (Å²) in [5.74, 6) is -0.215. The van der Waals surface area contributed by atoms with Gasteiger partial charge in [-0.05, 0) is 43.0 Å². The number of amides is 1. The number of hydrogen-bond donors (Lipinski definition) is 7. The van der Waals surface area contributed by atoms with E-state index in [1.165, 1.54) is 17.2 Å². The second-order valence-corrected chi connectivity index (χ2v) is 9.25. The Bertz CT molecular complexity index is 1100. The lowest BCUT2D eigenvalue weighted by Crippen LogP contribution is -2.69. The number of guanidine groups is 1. The number of aliphatic hydroxyl groups is 4. The summed E-state index contributed by atoms with van der Waals surface area (Å²) >= 11 is 0. The smallest absolute Gasteiger partial charge is 0.399 e. The first kappa shape index (κ1) is 21.6. The lowest BCUT2D eigenvalue weighted by molar-refractivity contribution is -0.420. The topological polar surface area (TPSA) is 171 Å². The van der Waals surface area contributed by atoms with Crippen molar-refractivity contribution >= 4 is 23.2 Å². The molecule has 5 rings (SSSR count). The average molecular weight is 455 g/mol. The molecule has 1 aromatic carbocycles. The molecule has 1 saturated carbocycles. The first-order valence-corrected chi connectivity index (χ1v) is 10.6. The van der Waals surface area contributed by atoms with Crippen LogP contribution in [0.5, 0.6) is 5.88 Å². The maximum atomic E-state index is 12.9. The third kappa shape index (κ3) is 3.89. The molecule has 1 aliphatic heterocycles. The van der Waals surface area contributed by atoms with Crippen LogP contribution in [0.4, 0.5) is 11.4 Å². The quantitative estimate of drug-likeness (QED) is 0.311. The van der Waals surface area contributed by atoms with Crippen LogP contribution in [-0.4, -0.2) is 60.0 Å². The Hall–Kier alpha value is -3.25. The molecule has 2 fully saturated rings. The number of benzene rings is 1. The molecule has 1 amide bonds. The van der Waals surface area contributed by atoms with Gasteiger partial charge in [0, 0.05) is 24.2 Å². The predicted molar refractivity (Wildman–Crippen MR) is 115 cm³/mol. The number of ether oxygens (including phenoxy) is 1. The molecule has 11 heteroatoms. The average Bonchev–Trinajstić information content (AvgIpc) is 2.67. The molecular weight excluding hydrogens is 430 g/mol. The number of aromatic nitrogens is 1. The van der Waals surface area contributed by atoms with E-state index in [1.807, 2.05) is 18.2 Å². The third-order valence-corrected chi connectivity index (χ3v) is 6.46. The van der Waals surface area contributed by atoms with Crippen molar-refractivity contribution in [3.63, 3.8) is 0 Å². The molecule has 3 aliphatic rings. The van der Waals surface area contributed by atoms with E-state index in [-0.39, 0.29) is 30.2 Å². The van der Waals surface area contributed by atoms with Crippen LogP contribution < -0.4 is 15.4 Å². The highest BCUT2D eigenvalue weighted by atomic mass is 16.9. The van der Waals surface area contributed by atoms with E-state index in [9.17, 15) is 9.90 Å². The normalized spacial score (nSPS) is 28.5. The monoisotopic (exact) mass is 455 g/mol. The van der Waals surface area contributed by atoms with Crippen LogP contribution in [0.15, 0.2) is 36.5 Å². The molecule has 174 valence electrons. The molecule has 1 atom stereocenters. The van der Waals surface area contributed by atoms with E-state index in [1.54, 1.807) is 13.0 Å². The maximum Gasteiger partial charge on any atom is 0.454 e. The Balaban J connectivity index is 1.30. The van der Waals surface area contributed by atoms with Crippen molar-refractivity contribution in [1.29, 1.82) is 5.41 Å². The molecule has 0 radical (unpaired) electrons. The van der Waals surface area contributed by atoms with Crippen molar-refractivity contribution in [2.75, 3.05) is 5.32 Å². The maximum absolute atomic E-state index is 12.9. The second-order valence-electron chi connectivity index (χ2n) is 9.25. The SMILES string of the molecule is C[C@]1(O)C[C@@H](N2C(=N)N[C@]3(CC2=O)Cc2c(Nc4ccc(OC(O)(O)O)nc4)cccc23)C1. The minimum Gasteiger partial charge on any atom is -0.399 e. The highest BCUT2D eigenvalue weighted by Gasteiger charge is 2.54. The minimum absolute atomic E-state index is 0.0725. The summed E-state index contributed by atoms with van der Waals surface area (Å²) in [5, 5.41) is 51.6. The van der Waals surface area contributed by atoms with Crippen molar-refractivity contribution in [2.45, 2.75) is 55.9 Å². The molecule has 33 heavy (non-hydrogen) atoms. The van der Waals surface area contributed by atoms with Crippen LogP contribution in [-0.2, 0) is 16.8 Å². The lowest BCUT2D eigenvalue weighted by Gasteiger charge is -2.54. The number of rotatable bonds is 5. The Morgan fingerprint density at radius 2 is 2.00 bits per heavy atom. The molecule has 1 aromatic heterocycles. The van der Waals surface area contributed by atoms with E-state index in [0.717, 1.165) is 16.8 Å². The number of carbonyl (C=O) groups excluding carboxylic acids is 1. The van der Waals surface area contributed by atoms with Crippen LogP contribution in [0.3, 0.4) is 0 Å². The van der Waals surface area contributed by atoms with Gasteiger partial charge in [0.15, 0.2) is 5.96 Å². The van der Waals surface area contributed by atoms with Gasteiger partial charge in [0.05, 0.1) is 29.4 Å². The van der Waals surface area contributed by atoms with Gasteiger partial charge < -0.3 is 35.8 Å². The first-order chi connectivity index (χ1) is 15.4. The zero-order valence-corrected chi connectivity index (χ0v) is 17.9. The molecule has 1 saturated heterocycles. The van der Waals surface area contributed by atoms with Crippen LogP contribution in [0, 0.1) is 5.41 Å². The van der Waals surface area contributed by atoms with E-state index in [0.29, 0.717) is 24.9 Å². The van der Waals surface area contributed by atoms with Gasteiger partial charge in [0.2, 0.25) is 11.8 Å². The number of fused-ring (bicyclic) bond motifs is 2. The molecule has 2 aromatic rings. The zero-order valence-electron chi connectivity index (χ0n) is 17.9. The van der Waals surface area contributed by atoms with E-state index < -0.39 is 17.3 Å². The summed E-state index contributed by atoms with van der Waals surface area (Å²) in [6, 6.07) is 8.53. The fraction of sp³-hybridized carbons (Fsp3) is 0.409. The zero-order chi connectivity index (χ0) is 23.6. The molecule has 11 nitrogen and oxygen atoms in total. The second kappa shape index (κ2) is 7.12. The fourth-order valence-corrected chi connectivity index (χ4v) is 5.04. The summed E-state index contributed by atoms with van der Waals surface area (Å²) in [4.78, 5) is 18.3. The van der Waals surface area contributed by atoms with Crippen molar-refractivity contribution in [3.05, 3.63) is 47.7 Å². The molecule has 1 spiro atoms. The van der Waals surface area contributed by atoms with Crippen molar-refractivity contribution in [2.24, 2.45) is 0 Å². The van der Waals surface area contributed by atoms with Gasteiger partial charge in [-0.15, -0.1) is 0 Å². The summed E-state index contributed by atoms with van der Waals surface area (Å²) in [7, 11) is 0. The number of nitrogens with one attached hydrogen (secondary N) is 3. The largest absolute Gasteiger partial charge is 0.454 e.